The van der Waals surface area contributed by atoms with E-state index in [1.165, 1.54) is 18.2 Å². The Balaban J connectivity index is 2.93. The highest BCUT2D eigenvalue weighted by molar-refractivity contribution is 6.32. The van der Waals surface area contributed by atoms with Crippen LogP contribution in [0.4, 0.5) is 13.2 Å². The van der Waals surface area contributed by atoms with Crippen LogP contribution in [0.15, 0.2) is 42.0 Å². The van der Waals surface area contributed by atoms with Gasteiger partial charge in [0, 0.05) is 5.57 Å². The van der Waals surface area contributed by atoms with Crippen molar-refractivity contribution in [2.24, 2.45) is 0 Å². The smallest absolute Gasteiger partial charge is 0.279 e. The Kier molecular flexibility index (Phi) is 6.01. The van der Waals surface area contributed by atoms with Gasteiger partial charge in [0.15, 0.2) is 0 Å². The molecule has 0 amide bonds. The Morgan fingerprint density at radius 2 is 2.09 bits per heavy atom. The molecule has 0 heterocycles. The SMILES string of the molecule is C#CC(=O)/C(=C/C)C(=C)CCc1cccc(C(F)(F)F)c1Cl. The summed E-state index contributed by atoms with van der Waals surface area (Å²) in [5, 5.41) is -0.326. The van der Waals surface area contributed by atoms with Gasteiger partial charge >= 0.3 is 6.18 Å². The Morgan fingerprint density at radius 1 is 1.45 bits per heavy atom. The first-order valence-electron chi connectivity index (χ1n) is 6.42. The van der Waals surface area contributed by atoms with Crippen molar-refractivity contribution in [3.05, 3.63) is 58.1 Å². The van der Waals surface area contributed by atoms with E-state index in [9.17, 15) is 18.0 Å². The Bertz CT molecular complexity index is 663. The minimum absolute atomic E-state index is 0.233. The second kappa shape index (κ2) is 7.33. The van der Waals surface area contributed by atoms with Gasteiger partial charge in [0.2, 0.25) is 5.78 Å². The fraction of sp³-hybridized carbons (Fsp3) is 0.235. The Hall–Kier alpha value is -1.99. The Labute approximate surface area is 132 Å². The summed E-state index contributed by atoms with van der Waals surface area (Å²) < 4.78 is 38.4. The fourth-order valence-corrected chi connectivity index (χ4v) is 2.31. The maximum atomic E-state index is 12.8. The third-order valence-electron chi connectivity index (χ3n) is 3.13. The van der Waals surface area contributed by atoms with Gasteiger partial charge in [-0.25, -0.2) is 0 Å². The van der Waals surface area contributed by atoms with E-state index >= 15 is 0 Å². The monoisotopic (exact) mass is 326 g/mol. The van der Waals surface area contributed by atoms with Crippen LogP contribution in [0.3, 0.4) is 0 Å². The van der Waals surface area contributed by atoms with E-state index < -0.39 is 17.5 Å². The number of Topliss-reactive ketones (excluding diaryl/α,β-unsaturated/α-hetero) is 1. The molecule has 1 rings (SSSR count). The molecule has 22 heavy (non-hydrogen) atoms. The summed E-state index contributed by atoms with van der Waals surface area (Å²) in [6, 6.07) is 3.75. The van der Waals surface area contributed by atoms with Crippen molar-refractivity contribution in [1.29, 1.82) is 0 Å². The van der Waals surface area contributed by atoms with Crippen LogP contribution >= 0.6 is 11.6 Å². The van der Waals surface area contributed by atoms with E-state index in [2.05, 4.69) is 6.58 Å². The van der Waals surface area contributed by atoms with Crippen molar-refractivity contribution >= 4 is 17.4 Å². The van der Waals surface area contributed by atoms with E-state index in [-0.39, 0.29) is 17.9 Å². The molecule has 0 fully saturated rings. The third kappa shape index (κ3) is 4.25. The summed E-state index contributed by atoms with van der Waals surface area (Å²) in [7, 11) is 0. The van der Waals surface area contributed by atoms with Gasteiger partial charge in [-0.15, -0.1) is 6.42 Å². The first-order valence-corrected chi connectivity index (χ1v) is 6.80. The first-order chi connectivity index (χ1) is 10.2. The molecule has 1 aromatic rings. The first kappa shape index (κ1) is 18.1. The molecular formula is C17H14ClF3O. The highest BCUT2D eigenvalue weighted by Gasteiger charge is 2.33. The molecule has 0 aliphatic rings. The van der Waals surface area contributed by atoms with Gasteiger partial charge in [-0.3, -0.25) is 4.79 Å². The van der Waals surface area contributed by atoms with Crippen LogP contribution in [0, 0.1) is 12.3 Å². The molecule has 0 unspecified atom stereocenters. The lowest BCUT2D eigenvalue weighted by Crippen LogP contribution is -2.07. The summed E-state index contributed by atoms with van der Waals surface area (Å²) in [6.45, 7) is 5.41. The van der Waals surface area contributed by atoms with Crippen LogP contribution in [0.1, 0.15) is 24.5 Å². The predicted molar refractivity (Wildman–Crippen MR) is 81.5 cm³/mol. The molecule has 0 radical (unpaired) electrons. The second-order valence-electron chi connectivity index (χ2n) is 4.56. The van der Waals surface area contributed by atoms with Gasteiger partial charge in [-0.2, -0.15) is 13.2 Å². The quantitative estimate of drug-likeness (QED) is 0.322. The molecule has 0 saturated carbocycles. The number of ketones is 1. The zero-order chi connectivity index (χ0) is 16.9. The van der Waals surface area contributed by atoms with E-state index in [1.54, 1.807) is 6.92 Å². The van der Waals surface area contributed by atoms with Gasteiger partial charge in [-0.05, 0) is 42.9 Å². The molecule has 0 saturated heterocycles. The maximum absolute atomic E-state index is 12.8. The average molecular weight is 327 g/mol. The molecule has 116 valence electrons. The van der Waals surface area contributed by atoms with Gasteiger partial charge in [0.25, 0.3) is 0 Å². The van der Waals surface area contributed by atoms with Gasteiger partial charge in [0.1, 0.15) is 0 Å². The lowest BCUT2D eigenvalue weighted by molar-refractivity contribution is -0.137. The average Bonchev–Trinajstić information content (AvgIpc) is 2.45. The molecule has 0 N–H and O–H groups in total. The number of hydrogen-bond donors (Lipinski definition) is 0. The summed E-state index contributed by atoms with van der Waals surface area (Å²) in [5.41, 5.74) is 0.244. The molecule has 0 aliphatic carbocycles. The van der Waals surface area contributed by atoms with Gasteiger partial charge < -0.3 is 0 Å². The van der Waals surface area contributed by atoms with Crippen molar-refractivity contribution in [1.82, 2.24) is 0 Å². The molecule has 1 aromatic carbocycles. The molecule has 0 aliphatic heterocycles. The van der Waals surface area contributed by atoms with E-state index in [1.807, 2.05) is 5.92 Å². The van der Waals surface area contributed by atoms with Crippen molar-refractivity contribution in [3.63, 3.8) is 0 Å². The van der Waals surface area contributed by atoms with Crippen LogP contribution in [0.2, 0.25) is 5.02 Å². The van der Waals surface area contributed by atoms with Crippen LogP contribution < -0.4 is 0 Å². The van der Waals surface area contributed by atoms with E-state index in [0.717, 1.165) is 6.07 Å². The summed E-state index contributed by atoms with van der Waals surface area (Å²) in [5.74, 6) is 1.50. The van der Waals surface area contributed by atoms with Crippen molar-refractivity contribution in [3.8, 4) is 12.3 Å². The summed E-state index contributed by atoms with van der Waals surface area (Å²) in [6.07, 6.45) is 2.61. The predicted octanol–water partition coefficient (Wildman–Crippen LogP) is 5.00. The number of allylic oxidation sites excluding steroid dienone is 3. The molecular weight excluding hydrogens is 313 g/mol. The standard InChI is InChI=1S/C17H14ClF3O/c1-4-13(15(22)5-2)11(3)9-10-12-7-6-8-14(16(12)18)17(19,20)21/h2,4,6-8H,3,9-10H2,1H3/b13-4+. The number of terminal acetylenes is 1. The van der Waals surface area contributed by atoms with Gasteiger partial charge in [-0.1, -0.05) is 36.4 Å². The maximum Gasteiger partial charge on any atom is 0.417 e. The van der Waals surface area contributed by atoms with Gasteiger partial charge in [0.05, 0.1) is 10.6 Å². The number of aryl methyl sites for hydroxylation is 1. The second-order valence-corrected chi connectivity index (χ2v) is 4.93. The molecule has 0 atom stereocenters. The van der Waals surface area contributed by atoms with Crippen LogP contribution in [0.5, 0.6) is 0 Å². The van der Waals surface area contributed by atoms with Crippen molar-refractivity contribution in [2.45, 2.75) is 25.9 Å². The lowest BCUT2D eigenvalue weighted by Gasteiger charge is -2.13. The van der Waals surface area contributed by atoms with Crippen molar-refractivity contribution in [2.75, 3.05) is 0 Å². The highest BCUT2D eigenvalue weighted by atomic mass is 35.5. The molecule has 0 bridgehead atoms. The number of rotatable bonds is 5. The van der Waals surface area contributed by atoms with E-state index in [4.69, 9.17) is 18.0 Å². The normalized spacial score (nSPS) is 11.9. The minimum Gasteiger partial charge on any atom is -0.279 e. The Morgan fingerprint density at radius 3 is 2.59 bits per heavy atom. The highest BCUT2D eigenvalue weighted by Crippen LogP contribution is 2.36. The molecule has 0 spiro atoms. The molecule has 1 nitrogen and oxygen atoms in total. The van der Waals surface area contributed by atoms with E-state index in [0.29, 0.717) is 16.7 Å². The molecule has 0 aromatic heterocycles. The summed E-state index contributed by atoms with van der Waals surface area (Å²) in [4.78, 5) is 11.5. The number of alkyl halides is 3. The number of halogens is 4. The summed E-state index contributed by atoms with van der Waals surface area (Å²) >= 11 is 5.82. The van der Waals surface area contributed by atoms with Crippen LogP contribution in [0.25, 0.3) is 0 Å². The number of benzene rings is 1. The topological polar surface area (TPSA) is 17.1 Å². The van der Waals surface area contributed by atoms with Crippen LogP contribution in [-0.4, -0.2) is 5.78 Å². The fourth-order valence-electron chi connectivity index (χ4n) is 1.99. The lowest BCUT2D eigenvalue weighted by atomic mass is 9.96. The zero-order valence-corrected chi connectivity index (χ0v) is 12.7. The van der Waals surface area contributed by atoms with Crippen molar-refractivity contribution < 1.29 is 18.0 Å². The number of carbonyl (C=O) groups excluding carboxylic acids is 1. The zero-order valence-electron chi connectivity index (χ0n) is 11.9. The number of hydrogen-bond acceptors (Lipinski definition) is 1. The largest absolute Gasteiger partial charge is 0.417 e. The third-order valence-corrected chi connectivity index (χ3v) is 3.57. The molecule has 5 heteroatoms. The van der Waals surface area contributed by atoms with Crippen LogP contribution in [-0.2, 0) is 17.4 Å². The minimum atomic E-state index is -4.50. The number of carbonyl (C=O) groups is 1.